The van der Waals surface area contributed by atoms with Gasteiger partial charge in [-0.2, -0.15) is 13.2 Å². The van der Waals surface area contributed by atoms with Crippen LogP contribution in [0.15, 0.2) is 48.5 Å². The van der Waals surface area contributed by atoms with Crippen molar-refractivity contribution in [2.45, 2.75) is 26.2 Å². The first-order chi connectivity index (χ1) is 13.2. The second kappa shape index (κ2) is 7.71. The highest BCUT2D eigenvalue weighted by Gasteiger charge is 2.30. The fourth-order valence-electron chi connectivity index (χ4n) is 2.59. The van der Waals surface area contributed by atoms with Gasteiger partial charge in [-0.1, -0.05) is 47.2 Å². The molecule has 0 bridgehead atoms. The monoisotopic (exact) mass is 389 g/mol. The van der Waals surface area contributed by atoms with E-state index in [1.807, 2.05) is 31.2 Å². The minimum atomic E-state index is -4.44. The highest BCUT2D eigenvalue weighted by Crippen LogP contribution is 2.29. The number of aryl methyl sites for hydroxylation is 1. The Balaban J connectivity index is 1.69. The first kappa shape index (κ1) is 19.4. The number of carbonyl (C=O) groups excluding carboxylic acids is 1. The molecular weight excluding hydrogens is 371 g/mol. The van der Waals surface area contributed by atoms with Crippen molar-refractivity contribution in [1.82, 2.24) is 20.3 Å². The molecule has 3 aromatic rings. The number of amides is 1. The molecule has 146 valence electrons. The number of nitrogens with one attached hydrogen (secondary N) is 1. The molecule has 0 unspecified atom stereocenters. The number of carbonyl (C=O) groups is 1. The van der Waals surface area contributed by atoms with Crippen molar-refractivity contribution in [3.63, 3.8) is 0 Å². The van der Waals surface area contributed by atoms with Gasteiger partial charge in [0.2, 0.25) is 0 Å². The second-order valence-corrected chi connectivity index (χ2v) is 6.35. The lowest BCUT2D eigenvalue weighted by atomic mass is 10.1. The summed E-state index contributed by atoms with van der Waals surface area (Å²) < 4.78 is 39.7. The highest BCUT2D eigenvalue weighted by molar-refractivity contribution is 5.96. The van der Waals surface area contributed by atoms with Gasteiger partial charge < -0.3 is 11.1 Å². The maximum Gasteiger partial charge on any atom is 0.416 e. The van der Waals surface area contributed by atoms with Gasteiger partial charge >= 0.3 is 6.18 Å². The number of rotatable bonds is 5. The van der Waals surface area contributed by atoms with E-state index in [4.69, 9.17) is 5.73 Å². The number of hydrogen-bond acceptors (Lipinski definition) is 4. The van der Waals surface area contributed by atoms with Crippen molar-refractivity contribution in [2.75, 3.05) is 5.73 Å². The third-order valence-electron chi connectivity index (χ3n) is 4.15. The van der Waals surface area contributed by atoms with E-state index in [9.17, 15) is 18.0 Å². The van der Waals surface area contributed by atoms with Crippen LogP contribution in [0.3, 0.4) is 0 Å². The summed E-state index contributed by atoms with van der Waals surface area (Å²) in [6.07, 6.45) is -4.44. The lowest BCUT2D eigenvalue weighted by molar-refractivity contribution is -0.137. The Morgan fingerprint density at radius 1 is 1.14 bits per heavy atom. The second-order valence-electron chi connectivity index (χ2n) is 6.35. The van der Waals surface area contributed by atoms with Crippen LogP contribution in [0.25, 0.3) is 0 Å². The van der Waals surface area contributed by atoms with Gasteiger partial charge in [0.05, 0.1) is 12.1 Å². The minimum absolute atomic E-state index is 0.0150. The van der Waals surface area contributed by atoms with Crippen molar-refractivity contribution >= 4 is 11.7 Å². The zero-order chi connectivity index (χ0) is 20.3. The molecule has 2 aromatic carbocycles. The molecule has 0 fully saturated rings. The largest absolute Gasteiger partial charge is 0.416 e. The number of nitrogens with two attached hydrogens (primary N) is 1. The van der Waals surface area contributed by atoms with Crippen LogP contribution in [0, 0.1) is 6.92 Å². The number of anilines is 1. The summed E-state index contributed by atoms with van der Waals surface area (Å²) in [6, 6.07) is 12.5. The van der Waals surface area contributed by atoms with Crippen LogP contribution in [0.5, 0.6) is 0 Å². The fourth-order valence-corrected chi connectivity index (χ4v) is 2.59. The molecule has 0 spiro atoms. The Bertz CT molecular complexity index is 980. The Morgan fingerprint density at radius 3 is 2.54 bits per heavy atom. The maximum atomic E-state index is 12.8. The summed E-state index contributed by atoms with van der Waals surface area (Å²) in [7, 11) is 0. The molecule has 1 aromatic heterocycles. The standard InChI is InChI=1S/C19H18F3N5O/c1-12-5-7-13(8-6-12)10-24-18(28)16-17(23)27(26-25-16)11-14-3-2-4-15(9-14)19(20,21)22/h2-9H,10-11,23H2,1H3,(H,24,28). The van der Waals surface area contributed by atoms with Crippen molar-refractivity contribution in [3.05, 3.63) is 76.5 Å². The van der Waals surface area contributed by atoms with Gasteiger partial charge in [-0.15, -0.1) is 5.10 Å². The van der Waals surface area contributed by atoms with Gasteiger partial charge in [0.25, 0.3) is 5.91 Å². The molecule has 0 saturated carbocycles. The highest BCUT2D eigenvalue weighted by atomic mass is 19.4. The van der Waals surface area contributed by atoms with Gasteiger partial charge in [-0.3, -0.25) is 4.79 Å². The van der Waals surface area contributed by atoms with Crippen LogP contribution in [0.1, 0.15) is 32.7 Å². The zero-order valence-electron chi connectivity index (χ0n) is 15.0. The minimum Gasteiger partial charge on any atom is -0.382 e. The van der Waals surface area contributed by atoms with Gasteiger partial charge in [-0.25, -0.2) is 4.68 Å². The molecule has 0 aliphatic heterocycles. The Morgan fingerprint density at radius 2 is 1.86 bits per heavy atom. The molecule has 3 rings (SSSR count). The molecule has 1 amide bonds. The lowest BCUT2D eigenvalue weighted by Crippen LogP contribution is -2.24. The van der Waals surface area contributed by atoms with E-state index in [0.29, 0.717) is 12.1 Å². The van der Waals surface area contributed by atoms with Crippen LogP contribution in [0.2, 0.25) is 0 Å². The van der Waals surface area contributed by atoms with Crippen LogP contribution in [-0.4, -0.2) is 20.9 Å². The van der Waals surface area contributed by atoms with Crippen molar-refractivity contribution in [1.29, 1.82) is 0 Å². The average Bonchev–Trinajstić information content (AvgIpc) is 3.01. The molecule has 0 atom stereocenters. The number of aromatic nitrogens is 3. The summed E-state index contributed by atoms with van der Waals surface area (Å²) in [5.41, 5.74) is 7.45. The lowest BCUT2D eigenvalue weighted by Gasteiger charge is -2.09. The summed E-state index contributed by atoms with van der Waals surface area (Å²) >= 11 is 0. The molecule has 0 saturated heterocycles. The molecule has 28 heavy (non-hydrogen) atoms. The predicted octanol–water partition coefficient (Wildman–Crippen LogP) is 3.17. The topological polar surface area (TPSA) is 85.8 Å². The third-order valence-corrected chi connectivity index (χ3v) is 4.15. The number of hydrogen-bond donors (Lipinski definition) is 2. The van der Waals surface area contributed by atoms with E-state index in [1.165, 1.54) is 16.8 Å². The molecular formula is C19H18F3N5O. The maximum absolute atomic E-state index is 12.8. The van der Waals surface area contributed by atoms with E-state index in [0.717, 1.165) is 23.3 Å². The predicted molar refractivity (Wildman–Crippen MR) is 97.3 cm³/mol. The zero-order valence-corrected chi connectivity index (χ0v) is 15.0. The van der Waals surface area contributed by atoms with Gasteiger partial charge in [0, 0.05) is 6.54 Å². The van der Waals surface area contributed by atoms with Crippen LogP contribution >= 0.6 is 0 Å². The van der Waals surface area contributed by atoms with Gasteiger partial charge in [-0.05, 0) is 30.2 Å². The SMILES string of the molecule is Cc1ccc(CNC(=O)c2nnn(Cc3cccc(C(F)(F)F)c3)c2N)cc1. The molecule has 0 aliphatic rings. The first-order valence-corrected chi connectivity index (χ1v) is 8.43. The molecule has 1 heterocycles. The average molecular weight is 389 g/mol. The quantitative estimate of drug-likeness (QED) is 0.702. The molecule has 0 radical (unpaired) electrons. The van der Waals surface area contributed by atoms with Gasteiger partial charge in [0.15, 0.2) is 11.5 Å². The Labute approximate surface area is 159 Å². The molecule has 6 nitrogen and oxygen atoms in total. The van der Waals surface area contributed by atoms with Crippen LogP contribution in [0.4, 0.5) is 19.0 Å². The first-order valence-electron chi connectivity index (χ1n) is 8.43. The van der Waals surface area contributed by atoms with Crippen LogP contribution < -0.4 is 11.1 Å². The van der Waals surface area contributed by atoms with Crippen molar-refractivity contribution < 1.29 is 18.0 Å². The summed E-state index contributed by atoms with van der Waals surface area (Å²) in [4.78, 5) is 12.3. The fraction of sp³-hybridized carbons (Fsp3) is 0.211. The van der Waals surface area contributed by atoms with E-state index in [1.54, 1.807) is 0 Å². The van der Waals surface area contributed by atoms with Crippen molar-refractivity contribution in [2.24, 2.45) is 0 Å². The number of nitrogens with zero attached hydrogens (tertiary/aromatic N) is 3. The van der Waals surface area contributed by atoms with E-state index >= 15 is 0 Å². The summed E-state index contributed by atoms with van der Waals surface area (Å²) in [5, 5.41) is 10.3. The van der Waals surface area contributed by atoms with Gasteiger partial charge in [0.1, 0.15) is 0 Å². The molecule has 0 aliphatic carbocycles. The number of benzene rings is 2. The summed E-state index contributed by atoms with van der Waals surface area (Å²) in [6.45, 7) is 2.22. The van der Waals surface area contributed by atoms with E-state index in [-0.39, 0.29) is 18.1 Å². The smallest absolute Gasteiger partial charge is 0.382 e. The summed E-state index contributed by atoms with van der Waals surface area (Å²) in [5.74, 6) is -0.521. The Kier molecular flexibility index (Phi) is 5.34. The van der Waals surface area contributed by atoms with Crippen molar-refractivity contribution in [3.8, 4) is 0 Å². The van der Waals surface area contributed by atoms with E-state index < -0.39 is 17.6 Å². The molecule has 3 N–H and O–H groups in total. The van der Waals surface area contributed by atoms with Crippen LogP contribution in [-0.2, 0) is 19.3 Å². The number of halogens is 3. The number of alkyl halides is 3. The van der Waals surface area contributed by atoms with E-state index in [2.05, 4.69) is 15.6 Å². The third kappa shape index (κ3) is 4.48. The molecule has 9 heteroatoms. The number of nitrogen functional groups attached to an aromatic ring is 1. The Hall–Kier alpha value is -3.36. The normalized spacial score (nSPS) is 11.4.